The number of nitrogens with zero attached hydrogens (tertiary/aromatic N) is 1. The molecule has 2 aromatic carbocycles. The van der Waals surface area contributed by atoms with Gasteiger partial charge in [-0.25, -0.2) is 4.79 Å². The van der Waals surface area contributed by atoms with Gasteiger partial charge in [0.2, 0.25) is 0 Å². The summed E-state index contributed by atoms with van der Waals surface area (Å²) in [5.41, 5.74) is 1.27. The molecule has 1 N–H and O–H groups in total. The smallest absolute Gasteiger partial charge is 0.338 e. The van der Waals surface area contributed by atoms with Crippen molar-refractivity contribution in [1.82, 2.24) is 0 Å². The van der Waals surface area contributed by atoms with E-state index in [1.165, 1.54) is 17.4 Å². The molecular formula is C23H19Cl2NO4S. The molecule has 1 fully saturated rings. The molecule has 0 aliphatic carbocycles. The molecule has 160 valence electrons. The highest BCUT2D eigenvalue weighted by Gasteiger charge is 2.33. The van der Waals surface area contributed by atoms with E-state index in [9.17, 15) is 14.7 Å². The van der Waals surface area contributed by atoms with Gasteiger partial charge in [0.25, 0.3) is 5.91 Å². The molecule has 2 heterocycles. The molecule has 1 aliphatic rings. The number of carbonyl (C=O) groups is 2. The molecule has 0 spiro atoms. The van der Waals surface area contributed by atoms with Crippen LogP contribution in [0.5, 0.6) is 0 Å². The number of carboxylic acid groups (broad SMARTS) is 1. The lowest BCUT2D eigenvalue weighted by Gasteiger charge is -2.34. The number of aromatic carboxylic acids is 1. The molecule has 31 heavy (non-hydrogen) atoms. The second-order valence-electron chi connectivity index (χ2n) is 7.14. The van der Waals surface area contributed by atoms with Crippen LogP contribution in [0.2, 0.25) is 10.0 Å². The third-order valence-corrected chi connectivity index (χ3v) is 6.89. The zero-order valence-electron chi connectivity index (χ0n) is 16.4. The van der Waals surface area contributed by atoms with E-state index >= 15 is 0 Å². The summed E-state index contributed by atoms with van der Waals surface area (Å²) >= 11 is 13.6. The van der Waals surface area contributed by atoms with Crippen LogP contribution in [0.1, 0.15) is 33.6 Å². The number of hydrogen-bond acceptors (Lipinski definition) is 4. The number of thiophene rings is 1. The molecule has 5 nitrogen and oxygen atoms in total. The monoisotopic (exact) mass is 475 g/mol. The highest BCUT2D eigenvalue weighted by Crippen LogP contribution is 2.41. The van der Waals surface area contributed by atoms with Gasteiger partial charge in [0, 0.05) is 29.2 Å². The third kappa shape index (κ3) is 4.62. The van der Waals surface area contributed by atoms with Gasteiger partial charge >= 0.3 is 5.97 Å². The minimum atomic E-state index is -1.08. The molecule has 3 aromatic rings. The van der Waals surface area contributed by atoms with Gasteiger partial charge in [-0.1, -0.05) is 53.5 Å². The van der Waals surface area contributed by atoms with Crippen LogP contribution >= 0.6 is 34.5 Å². The summed E-state index contributed by atoms with van der Waals surface area (Å²) in [6.45, 7) is 1.00. The van der Waals surface area contributed by atoms with Crippen molar-refractivity contribution in [3.63, 3.8) is 0 Å². The van der Waals surface area contributed by atoms with Crippen molar-refractivity contribution >= 4 is 51.4 Å². The topological polar surface area (TPSA) is 66.8 Å². The van der Waals surface area contributed by atoms with Crippen molar-refractivity contribution in [2.45, 2.75) is 18.9 Å². The molecule has 0 radical (unpaired) electrons. The zero-order valence-corrected chi connectivity index (χ0v) is 18.7. The first-order chi connectivity index (χ1) is 15.0. The van der Waals surface area contributed by atoms with Gasteiger partial charge < -0.3 is 9.84 Å². The Bertz CT molecular complexity index is 1110. The van der Waals surface area contributed by atoms with Crippen molar-refractivity contribution in [3.8, 4) is 10.4 Å². The summed E-state index contributed by atoms with van der Waals surface area (Å²) in [5.74, 6) is -1.43. The Morgan fingerprint density at radius 1 is 1.00 bits per heavy atom. The van der Waals surface area contributed by atoms with E-state index in [1.807, 2.05) is 30.3 Å². The van der Waals surface area contributed by atoms with Gasteiger partial charge in [0.15, 0.2) is 0 Å². The maximum absolute atomic E-state index is 13.7. The second kappa shape index (κ2) is 9.40. The fourth-order valence-electron chi connectivity index (χ4n) is 3.62. The highest BCUT2D eigenvalue weighted by molar-refractivity contribution is 7.20. The Balaban J connectivity index is 1.84. The Hall–Kier alpha value is -2.38. The molecule has 1 aliphatic heterocycles. The van der Waals surface area contributed by atoms with Crippen LogP contribution in [0, 0.1) is 0 Å². The molecule has 1 amide bonds. The second-order valence-corrected chi connectivity index (χ2v) is 9.02. The van der Waals surface area contributed by atoms with E-state index in [0.717, 1.165) is 10.4 Å². The summed E-state index contributed by atoms with van der Waals surface area (Å²) in [6, 6.07) is 15.6. The van der Waals surface area contributed by atoms with Crippen LogP contribution in [0.3, 0.4) is 0 Å². The van der Waals surface area contributed by atoms with Crippen molar-refractivity contribution in [3.05, 3.63) is 75.8 Å². The number of rotatable bonds is 5. The van der Waals surface area contributed by atoms with Crippen LogP contribution in [0.4, 0.5) is 5.00 Å². The number of carbonyl (C=O) groups excluding carboxylic acids is 1. The van der Waals surface area contributed by atoms with Gasteiger partial charge in [-0.2, -0.15) is 0 Å². The molecule has 0 unspecified atom stereocenters. The summed E-state index contributed by atoms with van der Waals surface area (Å²) in [7, 11) is 0. The van der Waals surface area contributed by atoms with Crippen molar-refractivity contribution in [2.75, 3.05) is 18.1 Å². The lowest BCUT2D eigenvalue weighted by Crippen LogP contribution is -2.44. The minimum absolute atomic E-state index is 0.0915. The zero-order chi connectivity index (χ0) is 22.0. The van der Waals surface area contributed by atoms with Crippen LogP contribution < -0.4 is 4.90 Å². The average Bonchev–Trinajstić information content (AvgIpc) is 3.20. The number of ether oxygens (including phenoxy) is 1. The maximum atomic E-state index is 13.7. The van der Waals surface area contributed by atoms with E-state index in [0.29, 0.717) is 36.1 Å². The van der Waals surface area contributed by atoms with Crippen molar-refractivity contribution in [1.29, 1.82) is 0 Å². The van der Waals surface area contributed by atoms with Gasteiger partial charge in [0.1, 0.15) is 5.00 Å². The summed E-state index contributed by atoms with van der Waals surface area (Å²) < 4.78 is 5.47. The number of carboxylic acids is 1. The van der Waals surface area contributed by atoms with Crippen LogP contribution in [-0.2, 0) is 4.74 Å². The summed E-state index contributed by atoms with van der Waals surface area (Å²) in [6.07, 6.45) is 1.21. The lowest BCUT2D eigenvalue weighted by molar-refractivity contribution is 0.0697. The third-order valence-electron chi connectivity index (χ3n) is 5.16. The molecule has 4 rings (SSSR count). The van der Waals surface area contributed by atoms with Crippen LogP contribution in [0.25, 0.3) is 10.4 Å². The van der Waals surface area contributed by atoms with Crippen LogP contribution in [-0.4, -0.2) is 36.2 Å². The van der Waals surface area contributed by atoms with E-state index in [1.54, 1.807) is 23.1 Å². The number of benzene rings is 2. The molecule has 8 heteroatoms. The van der Waals surface area contributed by atoms with E-state index < -0.39 is 5.97 Å². The Labute approximate surface area is 193 Å². The predicted octanol–water partition coefficient (Wildman–Crippen LogP) is 6.25. The average molecular weight is 476 g/mol. The van der Waals surface area contributed by atoms with Gasteiger partial charge in [-0.15, -0.1) is 11.3 Å². The van der Waals surface area contributed by atoms with E-state index in [2.05, 4.69) is 0 Å². The molecule has 0 saturated carbocycles. The summed E-state index contributed by atoms with van der Waals surface area (Å²) in [4.78, 5) is 28.2. The Morgan fingerprint density at radius 3 is 2.35 bits per heavy atom. The van der Waals surface area contributed by atoms with E-state index in [4.69, 9.17) is 27.9 Å². The first-order valence-electron chi connectivity index (χ1n) is 9.74. The van der Waals surface area contributed by atoms with Crippen molar-refractivity contribution in [2.24, 2.45) is 0 Å². The van der Waals surface area contributed by atoms with E-state index in [-0.39, 0.29) is 28.1 Å². The Kier molecular flexibility index (Phi) is 6.62. The number of amides is 1. The van der Waals surface area contributed by atoms with Crippen molar-refractivity contribution < 1.29 is 19.4 Å². The SMILES string of the molecule is O=C(O)c1cc(-c2ccccc2)sc1N(C(=O)c1ccc(Cl)cc1Cl)C1CCOCC1. The molecular weight excluding hydrogens is 457 g/mol. The van der Waals surface area contributed by atoms with Gasteiger partial charge in [0.05, 0.1) is 16.1 Å². The lowest BCUT2D eigenvalue weighted by atomic mass is 10.0. The first kappa shape index (κ1) is 21.8. The largest absolute Gasteiger partial charge is 0.478 e. The number of hydrogen-bond donors (Lipinski definition) is 1. The maximum Gasteiger partial charge on any atom is 0.338 e. The standard InChI is InChI=1S/C23H19Cl2NO4S/c24-15-6-7-17(19(25)12-15)21(27)26(16-8-10-30-11-9-16)22-18(23(28)29)13-20(31-22)14-4-2-1-3-5-14/h1-7,12-13,16H,8-11H2,(H,28,29). The molecule has 1 aromatic heterocycles. The predicted molar refractivity (Wildman–Crippen MR) is 124 cm³/mol. The number of anilines is 1. The fraction of sp³-hybridized carbons (Fsp3) is 0.217. The first-order valence-corrected chi connectivity index (χ1v) is 11.3. The number of halogens is 2. The highest BCUT2D eigenvalue weighted by atomic mass is 35.5. The summed E-state index contributed by atoms with van der Waals surface area (Å²) in [5, 5.41) is 11.0. The molecule has 1 saturated heterocycles. The molecule has 0 bridgehead atoms. The quantitative estimate of drug-likeness (QED) is 0.473. The fourth-order valence-corrected chi connectivity index (χ4v) is 5.33. The van der Waals surface area contributed by atoms with Crippen LogP contribution in [0.15, 0.2) is 54.6 Å². The Morgan fingerprint density at radius 2 is 1.71 bits per heavy atom. The van der Waals surface area contributed by atoms with Gasteiger partial charge in [-0.3, -0.25) is 9.69 Å². The minimum Gasteiger partial charge on any atom is -0.478 e. The normalized spacial score (nSPS) is 14.4. The molecule has 0 atom stereocenters. The van der Waals surface area contributed by atoms with Gasteiger partial charge in [-0.05, 0) is 42.7 Å².